The Bertz CT molecular complexity index is 1100. The van der Waals surface area contributed by atoms with Crippen LogP contribution >= 0.6 is 15.9 Å². The number of hydrogen-bond acceptors (Lipinski definition) is 4. The van der Waals surface area contributed by atoms with Crippen molar-refractivity contribution in [2.24, 2.45) is 0 Å². The van der Waals surface area contributed by atoms with Gasteiger partial charge >= 0.3 is 0 Å². The van der Waals surface area contributed by atoms with Gasteiger partial charge in [0.25, 0.3) is 5.91 Å². The molecule has 1 aliphatic rings. The zero-order chi connectivity index (χ0) is 22.0. The van der Waals surface area contributed by atoms with Crippen molar-refractivity contribution >= 4 is 38.7 Å². The summed E-state index contributed by atoms with van der Waals surface area (Å²) in [7, 11) is 1.64. The molecule has 0 atom stereocenters. The highest BCUT2D eigenvalue weighted by molar-refractivity contribution is 9.10. The maximum Gasteiger partial charge on any atom is 0.290 e. The van der Waals surface area contributed by atoms with E-state index in [9.17, 15) is 9.59 Å². The zero-order valence-corrected chi connectivity index (χ0v) is 19.3. The van der Waals surface area contributed by atoms with E-state index in [0.717, 1.165) is 26.7 Å². The summed E-state index contributed by atoms with van der Waals surface area (Å²) in [4.78, 5) is 29.3. The summed E-state index contributed by atoms with van der Waals surface area (Å²) in [5.74, 6) is 1.19. The van der Waals surface area contributed by atoms with E-state index in [4.69, 9.17) is 9.15 Å². The number of carbonyl (C=O) groups is 2. The lowest BCUT2D eigenvalue weighted by Gasteiger charge is -2.34. The van der Waals surface area contributed by atoms with E-state index in [1.165, 1.54) is 0 Å². The molecular formula is C24H25BrN2O4. The van der Waals surface area contributed by atoms with Crippen molar-refractivity contribution < 1.29 is 18.7 Å². The van der Waals surface area contributed by atoms with Crippen molar-refractivity contribution in [2.75, 3.05) is 33.3 Å². The molecule has 2 aromatic carbocycles. The summed E-state index contributed by atoms with van der Waals surface area (Å²) in [6.45, 7) is 4.00. The molecule has 0 aliphatic carbocycles. The molecule has 6 nitrogen and oxygen atoms in total. The van der Waals surface area contributed by atoms with Crippen molar-refractivity contribution in [1.29, 1.82) is 0 Å². The molecule has 0 spiro atoms. The molecular weight excluding hydrogens is 460 g/mol. The first kappa shape index (κ1) is 21.4. The molecule has 1 aromatic heterocycles. The van der Waals surface area contributed by atoms with Gasteiger partial charge < -0.3 is 19.0 Å². The molecule has 2 heterocycles. The summed E-state index contributed by atoms with van der Waals surface area (Å²) in [6, 6.07) is 13.5. The predicted octanol–water partition coefficient (Wildman–Crippen LogP) is 4.43. The molecule has 1 fully saturated rings. The van der Waals surface area contributed by atoms with Crippen LogP contribution in [-0.4, -0.2) is 54.9 Å². The summed E-state index contributed by atoms with van der Waals surface area (Å²) < 4.78 is 12.0. The van der Waals surface area contributed by atoms with Gasteiger partial charge in [-0.15, -0.1) is 0 Å². The van der Waals surface area contributed by atoms with E-state index in [-0.39, 0.29) is 11.8 Å². The lowest BCUT2D eigenvalue weighted by Crippen LogP contribution is -2.50. The van der Waals surface area contributed by atoms with Gasteiger partial charge in [-0.3, -0.25) is 9.59 Å². The molecule has 162 valence electrons. The fourth-order valence-corrected chi connectivity index (χ4v) is 4.26. The average molecular weight is 485 g/mol. The number of halogens is 1. The van der Waals surface area contributed by atoms with E-state index in [1.807, 2.05) is 54.3 Å². The number of aryl methyl sites for hydroxylation is 2. The number of carbonyl (C=O) groups excluding carboxylic acids is 2. The second kappa shape index (κ2) is 9.14. The average Bonchev–Trinajstić information content (AvgIpc) is 3.13. The number of nitrogens with zero attached hydrogens (tertiary/aromatic N) is 2. The number of benzene rings is 2. The van der Waals surface area contributed by atoms with Crippen LogP contribution in [0.15, 0.2) is 51.4 Å². The molecule has 0 bridgehead atoms. The Kier molecular flexibility index (Phi) is 6.32. The van der Waals surface area contributed by atoms with Gasteiger partial charge in [-0.2, -0.15) is 0 Å². The number of methoxy groups -OCH3 is 1. The van der Waals surface area contributed by atoms with E-state index in [1.54, 1.807) is 12.0 Å². The summed E-state index contributed by atoms with van der Waals surface area (Å²) >= 11 is 3.46. The highest BCUT2D eigenvalue weighted by Gasteiger charge is 2.28. The Labute approximate surface area is 189 Å². The minimum Gasteiger partial charge on any atom is -0.497 e. The van der Waals surface area contributed by atoms with Crippen LogP contribution in [0, 0.1) is 6.92 Å². The lowest BCUT2D eigenvalue weighted by atomic mass is 10.1. The molecule has 0 saturated carbocycles. The topological polar surface area (TPSA) is 63.0 Å². The second-order valence-corrected chi connectivity index (χ2v) is 8.63. The van der Waals surface area contributed by atoms with Gasteiger partial charge in [0.1, 0.15) is 11.3 Å². The molecule has 2 amide bonds. The van der Waals surface area contributed by atoms with Gasteiger partial charge in [-0.1, -0.05) is 28.1 Å². The van der Waals surface area contributed by atoms with Crippen LogP contribution in [0.2, 0.25) is 0 Å². The van der Waals surface area contributed by atoms with E-state index >= 15 is 0 Å². The van der Waals surface area contributed by atoms with Gasteiger partial charge in [-0.25, -0.2) is 0 Å². The Balaban J connectivity index is 1.33. The third kappa shape index (κ3) is 4.61. The fourth-order valence-electron chi connectivity index (χ4n) is 3.90. The number of amides is 2. The zero-order valence-electron chi connectivity index (χ0n) is 17.7. The van der Waals surface area contributed by atoms with E-state index < -0.39 is 0 Å². The van der Waals surface area contributed by atoms with Crippen molar-refractivity contribution in [2.45, 2.75) is 19.8 Å². The summed E-state index contributed by atoms with van der Waals surface area (Å²) in [6.07, 6.45) is 1.15. The normalized spacial score (nSPS) is 14.2. The largest absolute Gasteiger partial charge is 0.497 e. The summed E-state index contributed by atoms with van der Waals surface area (Å²) in [5, 5.41) is 0.935. The second-order valence-electron chi connectivity index (χ2n) is 7.72. The molecule has 1 saturated heterocycles. The van der Waals surface area contributed by atoms with Gasteiger partial charge in [0, 0.05) is 48.0 Å². The predicted molar refractivity (Wildman–Crippen MR) is 122 cm³/mol. The van der Waals surface area contributed by atoms with Crippen LogP contribution in [0.5, 0.6) is 5.75 Å². The number of piperazine rings is 1. The number of rotatable bonds is 5. The third-order valence-electron chi connectivity index (χ3n) is 5.80. The maximum atomic E-state index is 13.0. The highest BCUT2D eigenvalue weighted by atomic mass is 79.9. The molecule has 0 radical (unpaired) electrons. The minimum atomic E-state index is -0.116. The van der Waals surface area contributed by atoms with Crippen LogP contribution in [-0.2, 0) is 11.2 Å². The van der Waals surface area contributed by atoms with Gasteiger partial charge in [0.2, 0.25) is 5.91 Å². The van der Waals surface area contributed by atoms with Crippen molar-refractivity contribution in [1.82, 2.24) is 9.80 Å². The molecule has 3 aromatic rings. The Morgan fingerprint density at radius 3 is 2.39 bits per heavy atom. The number of furan rings is 1. The first-order chi connectivity index (χ1) is 15.0. The Hall–Kier alpha value is -2.80. The van der Waals surface area contributed by atoms with Crippen LogP contribution in [0.25, 0.3) is 11.0 Å². The van der Waals surface area contributed by atoms with Gasteiger partial charge in [0.15, 0.2) is 5.76 Å². The van der Waals surface area contributed by atoms with E-state index in [0.29, 0.717) is 50.4 Å². The fraction of sp³-hybridized carbons (Fsp3) is 0.333. The van der Waals surface area contributed by atoms with Crippen LogP contribution in [0.4, 0.5) is 0 Å². The highest BCUT2D eigenvalue weighted by Crippen LogP contribution is 2.29. The molecule has 1 aliphatic heterocycles. The molecule has 7 heteroatoms. The Morgan fingerprint density at radius 2 is 1.71 bits per heavy atom. The minimum absolute atomic E-state index is 0.116. The number of hydrogen-bond donors (Lipinski definition) is 0. The lowest BCUT2D eigenvalue weighted by molar-refractivity contribution is -0.132. The molecule has 0 unspecified atom stereocenters. The Morgan fingerprint density at radius 1 is 1.03 bits per heavy atom. The SMILES string of the molecule is COc1ccc(CCC(=O)N2CCN(C(=O)c3oc4ccc(Br)cc4c3C)CC2)cc1. The van der Waals surface area contributed by atoms with Crippen molar-refractivity contribution in [3.05, 3.63) is 63.8 Å². The molecule has 31 heavy (non-hydrogen) atoms. The standard InChI is InChI=1S/C24H25BrN2O4/c1-16-20-15-18(25)6-9-21(20)31-23(16)24(29)27-13-11-26(12-14-27)22(28)10-5-17-3-7-19(30-2)8-4-17/h3-4,6-9,15H,5,10-14H2,1-2H3. The first-order valence-corrected chi connectivity index (χ1v) is 11.1. The maximum absolute atomic E-state index is 13.0. The summed E-state index contributed by atoms with van der Waals surface area (Å²) in [5.41, 5.74) is 2.66. The molecule has 0 N–H and O–H groups in total. The van der Waals surface area contributed by atoms with Gasteiger partial charge in [-0.05, 0) is 49.2 Å². The number of fused-ring (bicyclic) bond motifs is 1. The van der Waals surface area contributed by atoms with Crippen molar-refractivity contribution in [3.63, 3.8) is 0 Å². The van der Waals surface area contributed by atoms with Crippen LogP contribution in [0.3, 0.4) is 0 Å². The van der Waals surface area contributed by atoms with Crippen molar-refractivity contribution in [3.8, 4) is 5.75 Å². The van der Waals surface area contributed by atoms with E-state index in [2.05, 4.69) is 15.9 Å². The smallest absolute Gasteiger partial charge is 0.290 e. The molecule has 4 rings (SSSR count). The monoisotopic (exact) mass is 484 g/mol. The van der Waals surface area contributed by atoms with Gasteiger partial charge in [0.05, 0.1) is 7.11 Å². The number of ether oxygens (including phenoxy) is 1. The van der Waals surface area contributed by atoms with Crippen LogP contribution in [0.1, 0.15) is 28.1 Å². The first-order valence-electron chi connectivity index (χ1n) is 10.3. The van der Waals surface area contributed by atoms with Crippen LogP contribution < -0.4 is 4.74 Å². The quantitative estimate of drug-likeness (QED) is 0.537. The third-order valence-corrected chi connectivity index (χ3v) is 6.29.